The third kappa shape index (κ3) is 2.13. The van der Waals surface area contributed by atoms with E-state index in [1.165, 1.54) is 0 Å². The Morgan fingerprint density at radius 3 is 2.56 bits per heavy atom. The lowest BCUT2D eigenvalue weighted by Gasteiger charge is -2.10. The molecule has 0 atom stereocenters. The number of rotatable bonds is 2. The van der Waals surface area contributed by atoms with Crippen LogP contribution in [0, 0.1) is 13.8 Å². The van der Waals surface area contributed by atoms with Gasteiger partial charge in [-0.3, -0.25) is 4.98 Å². The highest BCUT2D eigenvalue weighted by atomic mass is 16.5. The van der Waals surface area contributed by atoms with Crippen molar-refractivity contribution < 1.29 is 4.74 Å². The van der Waals surface area contributed by atoms with Crippen molar-refractivity contribution in [2.45, 2.75) is 33.8 Å². The third-order valence-corrected chi connectivity index (χ3v) is 2.30. The molecule has 0 amide bonds. The molecule has 0 aliphatic rings. The summed E-state index contributed by atoms with van der Waals surface area (Å²) >= 11 is 0. The molecular weight excluding hydrogens is 200 g/mol. The van der Waals surface area contributed by atoms with Gasteiger partial charge in [-0.1, -0.05) is 0 Å². The molecule has 0 unspecified atom stereocenters. The molecule has 0 bridgehead atoms. The zero-order valence-corrected chi connectivity index (χ0v) is 10.1. The van der Waals surface area contributed by atoms with Crippen LogP contribution in [-0.2, 0) is 0 Å². The maximum absolute atomic E-state index is 5.57. The quantitative estimate of drug-likeness (QED) is 0.774. The van der Waals surface area contributed by atoms with Crippen LogP contribution in [0.25, 0.3) is 11.0 Å². The first-order valence-electron chi connectivity index (χ1n) is 5.48. The van der Waals surface area contributed by atoms with Gasteiger partial charge in [0.05, 0.1) is 17.1 Å². The molecule has 3 heteroatoms. The van der Waals surface area contributed by atoms with Crippen LogP contribution in [0.3, 0.4) is 0 Å². The molecule has 2 aromatic rings. The summed E-state index contributed by atoms with van der Waals surface area (Å²) in [6.07, 6.45) is 0.142. The summed E-state index contributed by atoms with van der Waals surface area (Å²) in [5.41, 5.74) is 4.00. The molecule has 16 heavy (non-hydrogen) atoms. The second-order valence-corrected chi connectivity index (χ2v) is 4.26. The van der Waals surface area contributed by atoms with E-state index in [9.17, 15) is 0 Å². The summed E-state index contributed by atoms with van der Waals surface area (Å²) in [6, 6.07) is 5.86. The SMILES string of the molecule is Cc1cc(C)c2nc(OC(C)C)ccc2n1. The number of aromatic nitrogens is 2. The summed E-state index contributed by atoms with van der Waals surface area (Å²) in [4.78, 5) is 8.91. The molecule has 84 valence electrons. The maximum atomic E-state index is 5.57. The smallest absolute Gasteiger partial charge is 0.214 e. The second-order valence-electron chi connectivity index (χ2n) is 4.26. The van der Waals surface area contributed by atoms with Gasteiger partial charge in [0.1, 0.15) is 0 Å². The van der Waals surface area contributed by atoms with E-state index in [1.807, 2.05) is 45.9 Å². The van der Waals surface area contributed by atoms with Crippen LogP contribution in [0.1, 0.15) is 25.1 Å². The fourth-order valence-corrected chi connectivity index (χ4v) is 1.73. The van der Waals surface area contributed by atoms with E-state index in [1.54, 1.807) is 0 Å². The van der Waals surface area contributed by atoms with Crippen LogP contribution >= 0.6 is 0 Å². The zero-order valence-electron chi connectivity index (χ0n) is 10.1. The Balaban J connectivity index is 2.53. The topological polar surface area (TPSA) is 35.0 Å². The van der Waals surface area contributed by atoms with Crippen molar-refractivity contribution in [2.75, 3.05) is 0 Å². The Morgan fingerprint density at radius 1 is 1.12 bits per heavy atom. The largest absolute Gasteiger partial charge is 0.475 e. The number of aryl methyl sites for hydroxylation is 2. The van der Waals surface area contributed by atoms with Crippen molar-refractivity contribution in [3.63, 3.8) is 0 Å². The van der Waals surface area contributed by atoms with E-state index in [0.717, 1.165) is 22.3 Å². The minimum absolute atomic E-state index is 0.142. The minimum Gasteiger partial charge on any atom is -0.475 e. The summed E-state index contributed by atoms with van der Waals surface area (Å²) in [7, 11) is 0. The van der Waals surface area contributed by atoms with Gasteiger partial charge in [0.2, 0.25) is 5.88 Å². The summed E-state index contributed by atoms with van der Waals surface area (Å²) in [5, 5.41) is 0. The predicted molar refractivity (Wildman–Crippen MR) is 64.8 cm³/mol. The molecule has 0 spiro atoms. The molecule has 2 rings (SSSR count). The average Bonchev–Trinajstić information content (AvgIpc) is 2.18. The van der Waals surface area contributed by atoms with E-state index < -0.39 is 0 Å². The van der Waals surface area contributed by atoms with Crippen LogP contribution in [0.4, 0.5) is 0 Å². The lowest BCUT2D eigenvalue weighted by molar-refractivity contribution is 0.233. The molecule has 0 aliphatic heterocycles. The van der Waals surface area contributed by atoms with E-state index in [2.05, 4.69) is 9.97 Å². The number of nitrogens with zero attached hydrogens (tertiary/aromatic N) is 2. The van der Waals surface area contributed by atoms with Crippen molar-refractivity contribution in [1.29, 1.82) is 0 Å². The Kier molecular flexibility index (Phi) is 2.77. The van der Waals surface area contributed by atoms with Gasteiger partial charge in [-0.25, -0.2) is 4.98 Å². The third-order valence-electron chi connectivity index (χ3n) is 2.30. The van der Waals surface area contributed by atoms with Crippen LogP contribution in [0.5, 0.6) is 5.88 Å². The normalized spacial score (nSPS) is 11.1. The molecule has 0 saturated carbocycles. The number of ether oxygens (including phenoxy) is 1. The molecule has 0 fully saturated rings. The van der Waals surface area contributed by atoms with Gasteiger partial charge < -0.3 is 4.74 Å². The zero-order chi connectivity index (χ0) is 11.7. The molecule has 0 aromatic carbocycles. The van der Waals surface area contributed by atoms with Crippen LogP contribution in [-0.4, -0.2) is 16.1 Å². The molecule has 0 N–H and O–H groups in total. The number of fused-ring (bicyclic) bond motifs is 1. The van der Waals surface area contributed by atoms with Crippen LogP contribution in [0.15, 0.2) is 18.2 Å². The van der Waals surface area contributed by atoms with E-state index in [-0.39, 0.29) is 6.10 Å². The molecule has 0 saturated heterocycles. The summed E-state index contributed by atoms with van der Waals surface area (Å²) in [6.45, 7) is 8.02. The monoisotopic (exact) mass is 216 g/mol. The fourth-order valence-electron chi connectivity index (χ4n) is 1.73. The van der Waals surface area contributed by atoms with Crippen molar-refractivity contribution in [2.24, 2.45) is 0 Å². The first kappa shape index (κ1) is 10.9. The predicted octanol–water partition coefficient (Wildman–Crippen LogP) is 3.03. The Labute approximate surface area is 95.5 Å². The van der Waals surface area contributed by atoms with Crippen molar-refractivity contribution in [3.05, 3.63) is 29.5 Å². The summed E-state index contributed by atoms with van der Waals surface area (Å²) in [5.74, 6) is 0.663. The fraction of sp³-hybridized carbons (Fsp3) is 0.385. The Hall–Kier alpha value is -1.64. The molecule has 3 nitrogen and oxygen atoms in total. The van der Waals surface area contributed by atoms with Gasteiger partial charge in [-0.15, -0.1) is 0 Å². The molecule has 0 aliphatic carbocycles. The molecule has 0 radical (unpaired) electrons. The van der Waals surface area contributed by atoms with E-state index >= 15 is 0 Å². The van der Waals surface area contributed by atoms with Crippen molar-refractivity contribution in [3.8, 4) is 5.88 Å². The highest BCUT2D eigenvalue weighted by Gasteiger charge is 2.05. The van der Waals surface area contributed by atoms with Gasteiger partial charge in [0.15, 0.2) is 0 Å². The molecule has 2 aromatic heterocycles. The number of hydrogen-bond acceptors (Lipinski definition) is 3. The first-order valence-corrected chi connectivity index (χ1v) is 5.48. The molecular formula is C13H16N2O. The highest BCUT2D eigenvalue weighted by Crippen LogP contribution is 2.19. The van der Waals surface area contributed by atoms with Gasteiger partial charge in [-0.05, 0) is 45.4 Å². The van der Waals surface area contributed by atoms with Crippen molar-refractivity contribution >= 4 is 11.0 Å². The standard InChI is InChI=1S/C13H16N2O/c1-8(2)16-12-6-5-11-13(15-12)9(3)7-10(4)14-11/h5-8H,1-4H3. The van der Waals surface area contributed by atoms with Crippen LogP contribution in [0.2, 0.25) is 0 Å². The van der Waals surface area contributed by atoms with Gasteiger partial charge >= 0.3 is 0 Å². The second kappa shape index (κ2) is 4.08. The highest BCUT2D eigenvalue weighted by molar-refractivity contribution is 5.78. The minimum atomic E-state index is 0.142. The molecule has 2 heterocycles. The Bertz CT molecular complexity index is 521. The number of pyridine rings is 2. The van der Waals surface area contributed by atoms with Crippen LogP contribution < -0.4 is 4.74 Å². The van der Waals surface area contributed by atoms with Gasteiger partial charge in [0, 0.05) is 11.8 Å². The maximum Gasteiger partial charge on any atom is 0.214 e. The number of hydrogen-bond donors (Lipinski definition) is 0. The average molecular weight is 216 g/mol. The van der Waals surface area contributed by atoms with Crippen molar-refractivity contribution in [1.82, 2.24) is 9.97 Å². The lowest BCUT2D eigenvalue weighted by atomic mass is 10.2. The summed E-state index contributed by atoms with van der Waals surface area (Å²) < 4.78 is 5.57. The van der Waals surface area contributed by atoms with Gasteiger partial charge in [-0.2, -0.15) is 0 Å². The lowest BCUT2D eigenvalue weighted by Crippen LogP contribution is -2.07. The van der Waals surface area contributed by atoms with E-state index in [0.29, 0.717) is 5.88 Å². The first-order chi connectivity index (χ1) is 7.56. The van der Waals surface area contributed by atoms with E-state index in [4.69, 9.17) is 4.74 Å². The van der Waals surface area contributed by atoms with Gasteiger partial charge in [0.25, 0.3) is 0 Å². The Morgan fingerprint density at radius 2 is 1.88 bits per heavy atom.